The van der Waals surface area contributed by atoms with Gasteiger partial charge in [-0.05, 0) is 80.5 Å². The second-order valence-electron chi connectivity index (χ2n) is 6.71. The first-order chi connectivity index (χ1) is 14.3. The highest BCUT2D eigenvalue weighted by Gasteiger charge is 2.14. The molecule has 4 N–H and O–H groups in total. The number of nitrogens with zero attached hydrogens (tertiary/aromatic N) is 3. The van der Waals surface area contributed by atoms with Gasteiger partial charge in [-0.15, -0.1) is 0 Å². The minimum absolute atomic E-state index is 0.0237. The SMILES string of the molecule is Cc1ccc(-n2nc(C)c(C=NNC(=S)Nc3ccc(C(=O)O)cc3)c2O)cc1C. The normalized spacial score (nSPS) is 10.9. The molecule has 8 nitrogen and oxygen atoms in total. The molecule has 2 aromatic carbocycles. The van der Waals surface area contributed by atoms with Crippen LogP contribution in [0.2, 0.25) is 0 Å². The Morgan fingerprint density at radius 2 is 1.83 bits per heavy atom. The maximum atomic E-state index is 10.9. The molecule has 0 saturated heterocycles. The number of carboxylic acids is 1. The summed E-state index contributed by atoms with van der Waals surface area (Å²) in [5.41, 5.74) is 7.56. The van der Waals surface area contributed by atoms with E-state index < -0.39 is 5.97 Å². The van der Waals surface area contributed by atoms with Crippen molar-refractivity contribution in [3.8, 4) is 11.6 Å². The second-order valence-corrected chi connectivity index (χ2v) is 7.12. The van der Waals surface area contributed by atoms with Crippen molar-refractivity contribution in [2.24, 2.45) is 5.10 Å². The molecule has 0 aliphatic rings. The van der Waals surface area contributed by atoms with Crippen LogP contribution >= 0.6 is 12.2 Å². The van der Waals surface area contributed by atoms with Gasteiger partial charge in [0.25, 0.3) is 0 Å². The Hall–Kier alpha value is -3.72. The highest BCUT2D eigenvalue weighted by Crippen LogP contribution is 2.24. The molecule has 0 atom stereocenters. The van der Waals surface area contributed by atoms with E-state index >= 15 is 0 Å². The molecule has 0 radical (unpaired) electrons. The molecule has 0 amide bonds. The zero-order valence-electron chi connectivity index (χ0n) is 16.7. The second kappa shape index (κ2) is 8.75. The van der Waals surface area contributed by atoms with Crippen molar-refractivity contribution in [1.82, 2.24) is 15.2 Å². The number of nitrogens with one attached hydrogen (secondary N) is 2. The van der Waals surface area contributed by atoms with Gasteiger partial charge in [0.2, 0.25) is 5.88 Å². The maximum Gasteiger partial charge on any atom is 0.335 e. The number of aryl methyl sites for hydroxylation is 3. The van der Waals surface area contributed by atoms with E-state index in [1.807, 2.05) is 32.0 Å². The highest BCUT2D eigenvalue weighted by atomic mass is 32.1. The smallest absolute Gasteiger partial charge is 0.335 e. The molecular formula is C21H21N5O3S. The van der Waals surface area contributed by atoms with Crippen molar-refractivity contribution in [1.29, 1.82) is 0 Å². The van der Waals surface area contributed by atoms with Gasteiger partial charge in [0.05, 0.1) is 28.7 Å². The number of hydrogen-bond acceptors (Lipinski definition) is 5. The molecule has 0 saturated carbocycles. The van der Waals surface area contributed by atoms with E-state index in [1.54, 1.807) is 19.1 Å². The van der Waals surface area contributed by atoms with Crippen LogP contribution < -0.4 is 10.7 Å². The van der Waals surface area contributed by atoms with Gasteiger partial charge >= 0.3 is 5.97 Å². The zero-order valence-corrected chi connectivity index (χ0v) is 17.5. The molecule has 1 aromatic heterocycles. The van der Waals surface area contributed by atoms with Gasteiger partial charge in [-0.1, -0.05) is 6.07 Å². The molecular weight excluding hydrogens is 402 g/mol. The standard InChI is InChI=1S/C21H21N5O3S/c1-12-4-9-17(10-13(12)2)26-19(27)18(14(3)25-26)11-22-24-21(30)23-16-7-5-15(6-8-16)20(28)29/h4-11,27H,1-3H3,(H,28,29)(H2,23,24,30). The summed E-state index contributed by atoms with van der Waals surface area (Å²) in [5, 5.41) is 31.1. The zero-order chi connectivity index (χ0) is 21.8. The predicted molar refractivity (Wildman–Crippen MR) is 120 cm³/mol. The lowest BCUT2D eigenvalue weighted by molar-refractivity contribution is 0.0697. The first kappa shape index (κ1) is 21.0. The molecule has 3 aromatic rings. The highest BCUT2D eigenvalue weighted by molar-refractivity contribution is 7.80. The van der Waals surface area contributed by atoms with Crippen LogP contribution in [0.15, 0.2) is 47.6 Å². The molecule has 1 heterocycles. The fourth-order valence-electron chi connectivity index (χ4n) is 2.73. The number of anilines is 1. The first-order valence-electron chi connectivity index (χ1n) is 9.06. The third kappa shape index (κ3) is 4.64. The molecule has 0 spiro atoms. The monoisotopic (exact) mass is 423 g/mol. The van der Waals surface area contributed by atoms with Gasteiger partial charge in [0, 0.05) is 5.69 Å². The number of hydrazone groups is 1. The fourth-order valence-corrected chi connectivity index (χ4v) is 2.90. The van der Waals surface area contributed by atoms with Crippen LogP contribution in [0.1, 0.15) is 32.7 Å². The number of aromatic hydroxyl groups is 1. The minimum atomic E-state index is -0.997. The van der Waals surface area contributed by atoms with Crippen LogP contribution in [-0.4, -0.2) is 37.3 Å². The van der Waals surface area contributed by atoms with Crippen molar-refractivity contribution >= 4 is 35.2 Å². The van der Waals surface area contributed by atoms with E-state index in [0.717, 1.165) is 16.8 Å². The molecule has 30 heavy (non-hydrogen) atoms. The Morgan fingerprint density at radius 3 is 2.47 bits per heavy atom. The Balaban J connectivity index is 1.68. The van der Waals surface area contributed by atoms with E-state index in [-0.39, 0.29) is 16.6 Å². The maximum absolute atomic E-state index is 10.9. The Labute approximate surface area is 178 Å². The predicted octanol–water partition coefficient (Wildman–Crippen LogP) is 3.52. The van der Waals surface area contributed by atoms with Crippen molar-refractivity contribution in [3.05, 3.63) is 70.4 Å². The van der Waals surface area contributed by atoms with E-state index in [0.29, 0.717) is 16.9 Å². The molecule has 154 valence electrons. The molecule has 0 aliphatic carbocycles. The van der Waals surface area contributed by atoms with Crippen molar-refractivity contribution in [2.75, 3.05) is 5.32 Å². The molecule has 3 rings (SSSR count). The summed E-state index contributed by atoms with van der Waals surface area (Å²) in [6.45, 7) is 5.80. The number of carboxylic acid groups (broad SMARTS) is 1. The lowest BCUT2D eigenvalue weighted by atomic mass is 10.1. The number of aromatic nitrogens is 2. The summed E-state index contributed by atoms with van der Waals surface area (Å²) in [6.07, 6.45) is 1.44. The molecule has 0 bridgehead atoms. The number of thiocarbonyl (C=S) groups is 1. The number of benzene rings is 2. The van der Waals surface area contributed by atoms with Crippen LogP contribution in [0.4, 0.5) is 5.69 Å². The number of rotatable bonds is 5. The van der Waals surface area contributed by atoms with E-state index in [9.17, 15) is 9.90 Å². The average molecular weight is 423 g/mol. The lowest BCUT2D eigenvalue weighted by Gasteiger charge is -2.07. The van der Waals surface area contributed by atoms with Crippen molar-refractivity contribution in [3.63, 3.8) is 0 Å². The van der Waals surface area contributed by atoms with Crippen LogP contribution in [0.5, 0.6) is 5.88 Å². The molecule has 0 unspecified atom stereocenters. The van der Waals surface area contributed by atoms with Crippen LogP contribution in [0.25, 0.3) is 5.69 Å². The van der Waals surface area contributed by atoms with Gasteiger partial charge in [0.15, 0.2) is 5.11 Å². The van der Waals surface area contributed by atoms with Crippen LogP contribution in [0.3, 0.4) is 0 Å². The van der Waals surface area contributed by atoms with Crippen molar-refractivity contribution in [2.45, 2.75) is 20.8 Å². The number of aromatic carboxylic acids is 1. The van der Waals surface area contributed by atoms with Crippen LogP contribution in [-0.2, 0) is 0 Å². The van der Waals surface area contributed by atoms with E-state index in [1.165, 1.54) is 23.0 Å². The minimum Gasteiger partial charge on any atom is -0.493 e. The van der Waals surface area contributed by atoms with Gasteiger partial charge in [-0.25, -0.2) is 9.48 Å². The van der Waals surface area contributed by atoms with Gasteiger partial charge in [0.1, 0.15) is 0 Å². The Bertz CT molecular complexity index is 1140. The van der Waals surface area contributed by atoms with Gasteiger partial charge in [-0.2, -0.15) is 10.2 Å². The summed E-state index contributed by atoms with van der Waals surface area (Å²) in [7, 11) is 0. The third-order valence-corrected chi connectivity index (χ3v) is 4.76. The number of hydrogen-bond donors (Lipinski definition) is 4. The van der Waals surface area contributed by atoms with Gasteiger partial charge < -0.3 is 15.5 Å². The molecule has 0 fully saturated rings. The van der Waals surface area contributed by atoms with Gasteiger partial charge in [-0.3, -0.25) is 5.43 Å². The molecule has 9 heteroatoms. The lowest BCUT2D eigenvalue weighted by Crippen LogP contribution is -2.23. The quantitative estimate of drug-likeness (QED) is 0.282. The van der Waals surface area contributed by atoms with E-state index in [2.05, 4.69) is 20.9 Å². The number of carbonyl (C=O) groups is 1. The summed E-state index contributed by atoms with van der Waals surface area (Å²) in [4.78, 5) is 10.9. The molecule has 0 aliphatic heterocycles. The Morgan fingerprint density at radius 1 is 1.13 bits per heavy atom. The summed E-state index contributed by atoms with van der Waals surface area (Å²) in [6, 6.07) is 12.0. The fraction of sp³-hybridized carbons (Fsp3) is 0.143. The summed E-state index contributed by atoms with van der Waals surface area (Å²) < 4.78 is 1.46. The Kier molecular flexibility index (Phi) is 6.12. The average Bonchev–Trinajstić information content (AvgIpc) is 2.98. The van der Waals surface area contributed by atoms with Crippen molar-refractivity contribution < 1.29 is 15.0 Å². The third-order valence-electron chi connectivity index (χ3n) is 4.57. The van der Waals surface area contributed by atoms with Crippen LogP contribution in [0, 0.1) is 20.8 Å². The summed E-state index contributed by atoms with van der Waals surface area (Å²) >= 11 is 5.17. The van der Waals surface area contributed by atoms with E-state index in [4.69, 9.17) is 17.3 Å². The summed E-state index contributed by atoms with van der Waals surface area (Å²) in [5.74, 6) is -1.02. The topological polar surface area (TPSA) is 112 Å². The first-order valence-corrected chi connectivity index (χ1v) is 9.46. The largest absolute Gasteiger partial charge is 0.493 e.